The summed E-state index contributed by atoms with van der Waals surface area (Å²) in [5.41, 5.74) is 1.16. The SMILES string of the molecule is Cc1ccsc1CNC(=O)N1CCS(=O)(=O)[C@H](C)[C@H]1C. The number of amides is 2. The van der Waals surface area contributed by atoms with E-state index in [1.807, 2.05) is 18.4 Å². The molecule has 7 heteroatoms. The molecule has 1 aromatic heterocycles. The van der Waals surface area contributed by atoms with Crippen molar-refractivity contribution >= 4 is 27.2 Å². The molecule has 0 aliphatic carbocycles. The van der Waals surface area contributed by atoms with Crippen molar-refractivity contribution in [2.45, 2.75) is 38.6 Å². The second-order valence-electron chi connectivity index (χ2n) is 5.19. The Morgan fingerprint density at radius 2 is 2.20 bits per heavy atom. The van der Waals surface area contributed by atoms with Gasteiger partial charge in [0.1, 0.15) is 0 Å². The third-order valence-corrected chi connectivity index (χ3v) is 7.28. The third kappa shape index (κ3) is 2.98. The average Bonchev–Trinajstić information content (AvgIpc) is 2.79. The number of nitrogens with zero attached hydrogens (tertiary/aromatic N) is 1. The first-order valence-electron chi connectivity index (χ1n) is 6.62. The molecule has 2 rings (SSSR count). The summed E-state index contributed by atoms with van der Waals surface area (Å²) in [4.78, 5) is 14.9. The smallest absolute Gasteiger partial charge is 0.318 e. The van der Waals surface area contributed by atoms with Crippen LogP contribution >= 0.6 is 11.3 Å². The highest BCUT2D eigenvalue weighted by Crippen LogP contribution is 2.20. The van der Waals surface area contributed by atoms with E-state index < -0.39 is 15.1 Å². The number of urea groups is 1. The van der Waals surface area contributed by atoms with Crippen molar-refractivity contribution in [3.63, 3.8) is 0 Å². The lowest BCUT2D eigenvalue weighted by Crippen LogP contribution is -2.56. The van der Waals surface area contributed by atoms with Crippen molar-refractivity contribution in [1.82, 2.24) is 10.2 Å². The van der Waals surface area contributed by atoms with Crippen LogP contribution in [0.2, 0.25) is 0 Å². The van der Waals surface area contributed by atoms with Gasteiger partial charge in [-0.3, -0.25) is 0 Å². The number of sulfone groups is 1. The molecule has 1 fully saturated rings. The molecule has 5 nitrogen and oxygen atoms in total. The first-order valence-corrected chi connectivity index (χ1v) is 9.21. The van der Waals surface area contributed by atoms with E-state index in [9.17, 15) is 13.2 Å². The minimum absolute atomic E-state index is 0.0456. The molecule has 0 radical (unpaired) electrons. The summed E-state index contributed by atoms with van der Waals surface area (Å²) in [5, 5.41) is 4.36. The van der Waals surface area contributed by atoms with E-state index in [1.54, 1.807) is 30.1 Å². The second kappa shape index (κ2) is 5.73. The van der Waals surface area contributed by atoms with Crippen LogP contribution < -0.4 is 5.32 Å². The van der Waals surface area contributed by atoms with E-state index in [0.717, 1.165) is 10.4 Å². The van der Waals surface area contributed by atoms with Crippen molar-refractivity contribution in [3.05, 3.63) is 21.9 Å². The molecule has 1 aliphatic heterocycles. The van der Waals surface area contributed by atoms with Gasteiger partial charge < -0.3 is 10.2 Å². The van der Waals surface area contributed by atoms with Gasteiger partial charge in [0.05, 0.1) is 17.5 Å². The van der Waals surface area contributed by atoms with Crippen molar-refractivity contribution in [2.24, 2.45) is 0 Å². The standard InChI is InChI=1S/C13H20N2O3S2/c1-9-4-6-19-12(9)8-14-13(16)15-5-7-20(17,18)11(3)10(15)2/h4,6,10-11H,5,7-8H2,1-3H3,(H,14,16)/t10-,11-/m1/s1. The van der Waals surface area contributed by atoms with Crippen LogP contribution in [-0.2, 0) is 16.4 Å². The summed E-state index contributed by atoms with van der Waals surface area (Å²) in [6.07, 6.45) is 0. The molecule has 112 valence electrons. The highest BCUT2D eigenvalue weighted by Gasteiger charge is 2.37. The summed E-state index contributed by atoms with van der Waals surface area (Å²) >= 11 is 1.61. The minimum Gasteiger partial charge on any atom is -0.333 e. The van der Waals surface area contributed by atoms with Crippen LogP contribution in [0.5, 0.6) is 0 Å². The van der Waals surface area contributed by atoms with Gasteiger partial charge in [-0.25, -0.2) is 13.2 Å². The van der Waals surface area contributed by atoms with Gasteiger partial charge in [-0.1, -0.05) is 0 Å². The summed E-state index contributed by atoms with van der Waals surface area (Å²) in [7, 11) is -3.06. The maximum absolute atomic E-state index is 12.2. The van der Waals surface area contributed by atoms with Crippen LogP contribution in [0, 0.1) is 6.92 Å². The molecule has 0 spiro atoms. The number of carbonyl (C=O) groups is 1. The lowest BCUT2D eigenvalue weighted by Gasteiger charge is -2.37. The van der Waals surface area contributed by atoms with E-state index >= 15 is 0 Å². The number of hydrogen-bond acceptors (Lipinski definition) is 4. The fourth-order valence-electron chi connectivity index (χ4n) is 2.30. The van der Waals surface area contributed by atoms with Gasteiger partial charge in [0.25, 0.3) is 0 Å². The van der Waals surface area contributed by atoms with E-state index in [4.69, 9.17) is 0 Å². The molecule has 0 saturated carbocycles. The summed E-state index contributed by atoms with van der Waals surface area (Å²) in [5.74, 6) is 0.0456. The summed E-state index contributed by atoms with van der Waals surface area (Å²) in [6.45, 7) is 6.23. The van der Waals surface area contributed by atoms with E-state index in [-0.39, 0.29) is 24.4 Å². The van der Waals surface area contributed by atoms with Gasteiger partial charge in [0, 0.05) is 17.5 Å². The van der Waals surface area contributed by atoms with Crippen molar-refractivity contribution in [1.29, 1.82) is 0 Å². The molecule has 20 heavy (non-hydrogen) atoms. The third-order valence-electron chi connectivity index (χ3n) is 3.98. The Kier molecular flexibility index (Phi) is 4.39. The van der Waals surface area contributed by atoms with Gasteiger partial charge in [0.2, 0.25) is 0 Å². The molecule has 2 amide bonds. The largest absolute Gasteiger partial charge is 0.333 e. The van der Waals surface area contributed by atoms with E-state index in [1.165, 1.54) is 0 Å². The number of hydrogen-bond donors (Lipinski definition) is 1. The maximum Gasteiger partial charge on any atom is 0.318 e. The highest BCUT2D eigenvalue weighted by molar-refractivity contribution is 7.92. The predicted octanol–water partition coefficient (Wildman–Crippen LogP) is 1.77. The Morgan fingerprint density at radius 1 is 1.50 bits per heavy atom. The fraction of sp³-hybridized carbons (Fsp3) is 0.615. The molecule has 2 atom stereocenters. The predicted molar refractivity (Wildman–Crippen MR) is 80.7 cm³/mol. The molecule has 2 heterocycles. The zero-order valence-corrected chi connectivity index (χ0v) is 13.6. The zero-order chi connectivity index (χ0) is 14.9. The molecule has 1 N–H and O–H groups in total. The Hall–Kier alpha value is -1.08. The van der Waals surface area contributed by atoms with Crippen molar-refractivity contribution in [3.8, 4) is 0 Å². The van der Waals surface area contributed by atoms with E-state index in [0.29, 0.717) is 6.54 Å². The number of nitrogens with one attached hydrogen (secondary N) is 1. The number of carbonyl (C=O) groups excluding carboxylic acids is 1. The Morgan fingerprint density at radius 3 is 2.80 bits per heavy atom. The van der Waals surface area contributed by atoms with Crippen LogP contribution in [0.3, 0.4) is 0 Å². The molecule has 0 aromatic carbocycles. The fourth-order valence-corrected chi connectivity index (χ4v) is 4.71. The van der Waals surface area contributed by atoms with Gasteiger partial charge in [-0.15, -0.1) is 11.3 Å². The summed E-state index contributed by atoms with van der Waals surface area (Å²) < 4.78 is 23.6. The van der Waals surface area contributed by atoms with Crippen LogP contribution in [0.25, 0.3) is 0 Å². The average molecular weight is 316 g/mol. The Labute approximate surface area is 123 Å². The lowest BCUT2D eigenvalue weighted by molar-refractivity contribution is 0.178. The summed E-state index contributed by atoms with van der Waals surface area (Å²) in [6, 6.07) is 1.54. The number of thiophene rings is 1. The Balaban J connectivity index is 1.98. The monoisotopic (exact) mass is 316 g/mol. The van der Waals surface area contributed by atoms with Gasteiger partial charge in [0.15, 0.2) is 9.84 Å². The van der Waals surface area contributed by atoms with Crippen LogP contribution in [-0.4, -0.2) is 42.9 Å². The minimum atomic E-state index is -3.06. The van der Waals surface area contributed by atoms with Crippen molar-refractivity contribution in [2.75, 3.05) is 12.3 Å². The lowest BCUT2D eigenvalue weighted by atomic mass is 10.2. The van der Waals surface area contributed by atoms with Crippen LogP contribution in [0.1, 0.15) is 24.3 Å². The van der Waals surface area contributed by atoms with Crippen LogP contribution in [0.15, 0.2) is 11.4 Å². The molecule has 0 unspecified atom stereocenters. The first kappa shape index (κ1) is 15.3. The molecular weight excluding hydrogens is 296 g/mol. The second-order valence-corrected chi connectivity index (χ2v) is 8.67. The van der Waals surface area contributed by atoms with Crippen molar-refractivity contribution < 1.29 is 13.2 Å². The quantitative estimate of drug-likeness (QED) is 0.904. The maximum atomic E-state index is 12.2. The zero-order valence-electron chi connectivity index (χ0n) is 11.9. The molecular formula is C13H20N2O3S2. The first-order chi connectivity index (χ1) is 9.33. The van der Waals surface area contributed by atoms with Gasteiger partial charge in [-0.2, -0.15) is 0 Å². The number of aryl methyl sites for hydroxylation is 1. The van der Waals surface area contributed by atoms with Crippen LogP contribution in [0.4, 0.5) is 4.79 Å². The number of rotatable bonds is 2. The molecule has 1 aromatic rings. The molecule has 0 bridgehead atoms. The van der Waals surface area contributed by atoms with Gasteiger partial charge in [-0.05, 0) is 37.8 Å². The molecule has 1 saturated heterocycles. The van der Waals surface area contributed by atoms with Gasteiger partial charge >= 0.3 is 6.03 Å². The normalized spacial score (nSPS) is 25.4. The highest BCUT2D eigenvalue weighted by atomic mass is 32.2. The molecule has 1 aliphatic rings. The Bertz CT molecular complexity index is 595. The topological polar surface area (TPSA) is 66.5 Å². The van der Waals surface area contributed by atoms with E-state index in [2.05, 4.69) is 5.32 Å².